The largest absolute Gasteiger partial charge is 0.355 e. The fourth-order valence-corrected chi connectivity index (χ4v) is 1.95. The third-order valence-corrected chi connectivity index (χ3v) is 2.82. The van der Waals surface area contributed by atoms with E-state index < -0.39 is 0 Å². The SMILES string of the molecule is CC(C)(C)c1nsc(NCc2cccnn2)n1. The molecule has 17 heavy (non-hydrogen) atoms. The van der Waals surface area contributed by atoms with Crippen LogP contribution in [-0.2, 0) is 12.0 Å². The van der Waals surface area contributed by atoms with Crippen LogP contribution in [0.15, 0.2) is 18.3 Å². The molecule has 2 heterocycles. The van der Waals surface area contributed by atoms with Gasteiger partial charge in [0.25, 0.3) is 0 Å². The van der Waals surface area contributed by atoms with Crippen LogP contribution in [-0.4, -0.2) is 19.6 Å². The van der Waals surface area contributed by atoms with E-state index in [9.17, 15) is 0 Å². The minimum Gasteiger partial charge on any atom is -0.355 e. The van der Waals surface area contributed by atoms with Crippen LogP contribution in [0, 0.1) is 0 Å². The first kappa shape index (κ1) is 11.9. The molecule has 0 amide bonds. The Bertz CT molecular complexity index is 474. The zero-order valence-corrected chi connectivity index (χ0v) is 11.0. The fraction of sp³-hybridized carbons (Fsp3) is 0.455. The Labute approximate surface area is 104 Å². The third kappa shape index (κ3) is 3.20. The summed E-state index contributed by atoms with van der Waals surface area (Å²) in [6, 6.07) is 3.79. The van der Waals surface area contributed by atoms with Crippen LogP contribution in [0.4, 0.5) is 5.13 Å². The van der Waals surface area contributed by atoms with Crippen LogP contribution in [0.25, 0.3) is 0 Å². The van der Waals surface area contributed by atoms with E-state index in [-0.39, 0.29) is 5.41 Å². The van der Waals surface area contributed by atoms with Crippen molar-refractivity contribution in [2.75, 3.05) is 5.32 Å². The number of hydrogen-bond acceptors (Lipinski definition) is 6. The Hall–Kier alpha value is -1.56. The van der Waals surface area contributed by atoms with E-state index >= 15 is 0 Å². The maximum absolute atomic E-state index is 4.44. The second-order valence-electron chi connectivity index (χ2n) is 4.74. The molecule has 0 atom stereocenters. The average Bonchev–Trinajstić information content (AvgIpc) is 2.76. The van der Waals surface area contributed by atoms with Crippen LogP contribution in [0.2, 0.25) is 0 Å². The minimum atomic E-state index is -0.0109. The number of anilines is 1. The molecule has 0 aliphatic rings. The lowest BCUT2D eigenvalue weighted by molar-refractivity contribution is 0.555. The van der Waals surface area contributed by atoms with Gasteiger partial charge in [-0.05, 0) is 12.1 Å². The van der Waals surface area contributed by atoms with Crippen molar-refractivity contribution in [1.82, 2.24) is 19.6 Å². The van der Waals surface area contributed by atoms with Crippen LogP contribution in [0.3, 0.4) is 0 Å². The molecule has 2 aromatic heterocycles. The van der Waals surface area contributed by atoms with E-state index in [1.54, 1.807) is 6.20 Å². The Morgan fingerprint density at radius 3 is 2.76 bits per heavy atom. The predicted octanol–water partition coefficient (Wildman–Crippen LogP) is 2.24. The highest BCUT2D eigenvalue weighted by molar-refractivity contribution is 7.09. The lowest BCUT2D eigenvalue weighted by Gasteiger charge is -2.12. The molecule has 0 saturated heterocycles. The number of aromatic nitrogens is 4. The molecule has 0 aromatic carbocycles. The van der Waals surface area contributed by atoms with Gasteiger partial charge in [0.1, 0.15) is 5.82 Å². The van der Waals surface area contributed by atoms with Crippen molar-refractivity contribution in [2.45, 2.75) is 32.7 Å². The molecule has 0 unspecified atom stereocenters. The minimum absolute atomic E-state index is 0.0109. The first-order valence-corrected chi connectivity index (χ1v) is 6.18. The van der Waals surface area contributed by atoms with E-state index in [1.807, 2.05) is 12.1 Å². The maximum Gasteiger partial charge on any atom is 0.202 e. The standard InChI is InChI=1S/C11H15N5S/c1-11(2,3)9-14-10(17-16-9)12-7-8-5-4-6-13-15-8/h4-6H,7H2,1-3H3,(H,12,14,16). The van der Waals surface area contributed by atoms with Gasteiger partial charge in [0, 0.05) is 23.1 Å². The van der Waals surface area contributed by atoms with Crippen LogP contribution >= 0.6 is 11.5 Å². The highest BCUT2D eigenvalue weighted by Gasteiger charge is 2.19. The maximum atomic E-state index is 4.44. The van der Waals surface area contributed by atoms with E-state index in [2.05, 4.69) is 45.6 Å². The lowest BCUT2D eigenvalue weighted by Crippen LogP contribution is -2.13. The summed E-state index contributed by atoms with van der Waals surface area (Å²) in [5.41, 5.74) is 0.878. The van der Waals surface area contributed by atoms with Crippen molar-refractivity contribution in [3.63, 3.8) is 0 Å². The average molecular weight is 249 g/mol. The summed E-state index contributed by atoms with van der Waals surface area (Å²) in [6.07, 6.45) is 1.66. The summed E-state index contributed by atoms with van der Waals surface area (Å²) in [6.45, 7) is 6.91. The van der Waals surface area contributed by atoms with Crippen molar-refractivity contribution in [3.8, 4) is 0 Å². The van der Waals surface area contributed by atoms with Gasteiger partial charge in [-0.2, -0.15) is 14.6 Å². The Morgan fingerprint density at radius 1 is 1.35 bits per heavy atom. The van der Waals surface area contributed by atoms with Gasteiger partial charge in [0.15, 0.2) is 0 Å². The first-order chi connectivity index (χ1) is 8.05. The Balaban J connectivity index is 1.99. The molecular formula is C11H15N5S. The predicted molar refractivity (Wildman–Crippen MR) is 68.0 cm³/mol. The Kier molecular flexibility index (Phi) is 3.33. The Morgan fingerprint density at radius 2 is 2.18 bits per heavy atom. The van der Waals surface area contributed by atoms with Crippen molar-refractivity contribution >= 4 is 16.7 Å². The number of hydrogen-bond donors (Lipinski definition) is 1. The van der Waals surface area contributed by atoms with Crippen molar-refractivity contribution < 1.29 is 0 Å². The van der Waals surface area contributed by atoms with Gasteiger partial charge >= 0.3 is 0 Å². The van der Waals surface area contributed by atoms with Gasteiger partial charge in [0.2, 0.25) is 5.13 Å². The van der Waals surface area contributed by atoms with Gasteiger partial charge in [0.05, 0.1) is 12.2 Å². The zero-order valence-electron chi connectivity index (χ0n) is 10.1. The molecule has 1 N–H and O–H groups in total. The first-order valence-electron chi connectivity index (χ1n) is 5.40. The molecule has 2 aromatic rings. The van der Waals surface area contributed by atoms with Crippen molar-refractivity contribution in [3.05, 3.63) is 29.8 Å². The molecule has 90 valence electrons. The summed E-state index contributed by atoms with van der Waals surface area (Å²) in [4.78, 5) is 4.44. The van der Waals surface area contributed by atoms with Crippen LogP contribution in [0.5, 0.6) is 0 Å². The molecule has 0 saturated carbocycles. The zero-order chi connectivity index (χ0) is 12.3. The smallest absolute Gasteiger partial charge is 0.202 e. The summed E-state index contributed by atoms with van der Waals surface area (Å²) < 4.78 is 4.33. The van der Waals surface area contributed by atoms with E-state index in [1.165, 1.54) is 11.5 Å². The van der Waals surface area contributed by atoms with Crippen molar-refractivity contribution in [1.29, 1.82) is 0 Å². The summed E-state index contributed by atoms with van der Waals surface area (Å²) >= 11 is 1.38. The topological polar surface area (TPSA) is 63.6 Å². The molecule has 6 heteroatoms. The fourth-order valence-electron chi connectivity index (χ4n) is 1.19. The van der Waals surface area contributed by atoms with Gasteiger partial charge in [-0.3, -0.25) is 0 Å². The summed E-state index contributed by atoms with van der Waals surface area (Å²) in [5.74, 6) is 0.865. The summed E-state index contributed by atoms with van der Waals surface area (Å²) in [5, 5.41) is 11.8. The summed E-state index contributed by atoms with van der Waals surface area (Å²) in [7, 11) is 0. The molecule has 5 nitrogen and oxygen atoms in total. The lowest BCUT2D eigenvalue weighted by atomic mass is 9.96. The van der Waals surface area contributed by atoms with E-state index in [0.717, 1.165) is 16.6 Å². The third-order valence-electron chi connectivity index (χ3n) is 2.15. The van der Waals surface area contributed by atoms with Gasteiger partial charge < -0.3 is 5.32 Å². The highest BCUT2D eigenvalue weighted by atomic mass is 32.1. The van der Waals surface area contributed by atoms with Crippen LogP contribution < -0.4 is 5.32 Å². The molecule has 0 spiro atoms. The monoisotopic (exact) mass is 249 g/mol. The normalized spacial score (nSPS) is 11.5. The number of nitrogens with zero attached hydrogens (tertiary/aromatic N) is 4. The molecule has 0 fully saturated rings. The molecule has 0 aliphatic heterocycles. The molecule has 0 bridgehead atoms. The van der Waals surface area contributed by atoms with E-state index in [4.69, 9.17) is 0 Å². The highest BCUT2D eigenvalue weighted by Crippen LogP contribution is 2.22. The number of rotatable bonds is 3. The molecular weight excluding hydrogens is 234 g/mol. The van der Waals surface area contributed by atoms with E-state index in [0.29, 0.717) is 6.54 Å². The quantitative estimate of drug-likeness (QED) is 0.903. The number of nitrogens with one attached hydrogen (secondary N) is 1. The van der Waals surface area contributed by atoms with Gasteiger partial charge in [-0.1, -0.05) is 20.8 Å². The second-order valence-corrected chi connectivity index (χ2v) is 5.49. The molecule has 0 aliphatic carbocycles. The van der Waals surface area contributed by atoms with Gasteiger partial charge in [-0.25, -0.2) is 4.98 Å². The second kappa shape index (κ2) is 4.75. The van der Waals surface area contributed by atoms with Gasteiger partial charge in [-0.15, -0.1) is 0 Å². The molecule has 2 rings (SSSR count). The molecule has 0 radical (unpaired) electrons. The van der Waals surface area contributed by atoms with Crippen LogP contribution in [0.1, 0.15) is 32.3 Å². The van der Waals surface area contributed by atoms with Crippen molar-refractivity contribution in [2.24, 2.45) is 0 Å².